The Bertz CT molecular complexity index is 153. The van der Waals surface area contributed by atoms with Gasteiger partial charge in [0, 0.05) is 6.61 Å². The molecule has 2 N–H and O–H groups in total. The van der Waals surface area contributed by atoms with Crippen LogP contribution in [0, 0.1) is 11.8 Å². The van der Waals surface area contributed by atoms with E-state index in [-0.39, 0.29) is 0 Å². The van der Waals surface area contributed by atoms with Crippen LogP contribution < -0.4 is 5.32 Å². The Morgan fingerprint density at radius 2 is 1.69 bits per heavy atom. The zero-order valence-electron chi connectivity index (χ0n) is 10.9. The average Bonchev–Trinajstić information content (AvgIpc) is 2.30. The van der Waals surface area contributed by atoms with Crippen molar-refractivity contribution in [2.45, 2.75) is 58.3 Å². The predicted molar refractivity (Wildman–Crippen MR) is 69.5 cm³/mol. The minimum absolute atomic E-state index is 0.355. The molecule has 0 amide bonds. The van der Waals surface area contributed by atoms with Gasteiger partial charge in [-0.2, -0.15) is 0 Å². The first-order chi connectivity index (χ1) is 7.83. The van der Waals surface area contributed by atoms with Crippen LogP contribution in [-0.4, -0.2) is 24.8 Å². The second kappa shape index (κ2) is 9.00. The van der Waals surface area contributed by atoms with Crippen LogP contribution in [-0.2, 0) is 0 Å². The van der Waals surface area contributed by atoms with Crippen LogP contribution in [0.2, 0.25) is 0 Å². The maximum atomic E-state index is 8.64. The first-order valence-corrected chi connectivity index (χ1v) is 7.14. The lowest BCUT2D eigenvalue weighted by Crippen LogP contribution is -2.26. The molecule has 0 aromatic heterocycles. The molecule has 0 aliphatic heterocycles. The van der Waals surface area contributed by atoms with Crippen LogP contribution in [0.3, 0.4) is 0 Å². The molecule has 1 rings (SSSR count). The Hall–Kier alpha value is -0.0800. The van der Waals surface area contributed by atoms with Gasteiger partial charge >= 0.3 is 0 Å². The molecule has 1 saturated carbocycles. The predicted octanol–water partition coefficient (Wildman–Crippen LogP) is 2.96. The third-order valence-corrected chi connectivity index (χ3v) is 3.83. The number of hydrogen-bond acceptors (Lipinski definition) is 2. The number of nitrogens with one attached hydrogen (secondary N) is 1. The van der Waals surface area contributed by atoms with Crippen LogP contribution in [0.1, 0.15) is 58.3 Å². The summed E-state index contributed by atoms with van der Waals surface area (Å²) in [7, 11) is 0. The molecular weight excluding hydrogens is 198 g/mol. The van der Waals surface area contributed by atoms with E-state index in [9.17, 15) is 0 Å². The molecule has 0 spiro atoms. The number of aliphatic hydroxyl groups is 1. The van der Waals surface area contributed by atoms with Crippen LogP contribution in [0.4, 0.5) is 0 Å². The number of hydrogen-bond donors (Lipinski definition) is 2. The van der Waals surface area contributed by atoms with Crippen LogP contribution >= 0.6 is 0 Å². The fourth-order valence-electron chi connectivity index (χ4n) is 2.55. The Kier molecular flexibility index (Phi) is 7.87. The van der Waals surface area contributed by atoms with Crippen LogP contribution in [0.5, 0.6) is 0 Å². The standard InChI is InChI=1S/C14H29NO/c1-13-6-8-14(9-7-13)12-15-10-4-2-3-5-11-16/h13-16H,2-12H2,1H3. The molecule has 0 aromatic rings. The molecular formula is C14H29NO. The summed E-state index contributed by atoms with van der Waals surface area (Å²) >= 11 is 0. The van der Waals surface area contributed by atoms with Crippen molar-refractivity contribution >= 4 is 0 Å². The molecule has 1 aliphatic carbocycles. The lowest BCUT2D eigenvalue weighted by molar-refractivity contribution is 0.278. The molecule has 2 nitrogen and oxygen atoms in total. The molecule has 2 heteroatoms. The topological polar surface area (TPSA) is 32.3 Å². The van der Waals surface area contributed by atoms with Gasteiger partial charge in [-0.1, -0.05) is 32.6 Å². The van der Waals surface area contributed by atoms with Gasteiger partial charge in [0.25, 0.3) is 0 Å². The quantitative estimate of drug-likeness (QED) is 0.625. The van der Waals surface area contributed by atoms with Crippen LogP contribution in [0.15, 0.2) is 0 Å². The van der Waals surface area contributed by atoms with E-state index < -0.39 is 0 Å². The van der Waals surface area contributed by atoms with E-state index in [1.54, 1.807) is 0 Å². The normalized spacial score (nSPS) is 25.9. The third kappa shape index (κ3) is 6.49. The van der Waals surface area contributed by atoms with E-state index in [0.717, 1.165) is 24.8 Å². The maximum Gasteiger partial charge on any atom is 0.0431 e. The van der Waals surface area contributed by atoms with Gasteiger partial charge in [0.1, 0.15) is 0 Å². The summed E-state index contributed by atoms with van der Waals surface area (Å²) in [6.07, 6.45) is 10.4. The summed E-state index contributed by atoms with van der Waals surface area (Å²) in [5, 5.41) is 12.2. The van der Waals surface area contributed by atoms with Crippen molar-refractivity contribution in [2.75, 3.05) is 19.7 Å². The van der Waals surface area contributed by atoms with Gasteiger partial charge in [0.2, 0.25) is 0 Å². The Morgan fingerprint density at radius 3 is 2.38 bits per heavy atom. The number of unbranched alkanes of at least 4 members (excludes halogenated alkanes) is 3. The van der Waals surface area contributed by atoms with Gasteiger partial charge in [-0.3, -0.25) is 0 Å². The summed E-state index contributed by atoms with van der Waals surface area (Å²) in [5.41, 5.74) is 0. The van der Waals surface area contributed by atoms with E-state index in [4.69, 9.17) is 5.11 Å². The fraction of sp³-hybridized carbons (Fsp3) is 1.00. The first kappa shape index (κ1) is 14.0. The van der Waals surface area contributed by atoms with Crippen LogP contribution in [0.25, 0.3) is 0 Å². The van der Waals surface area contributed by atoms with Crippen molar-refractivity contribution in [3.8, 4) is 0 Å². The molecule has 0 heterocycles. The lowest BCUT2D eigenvalue weighted by Gasteiger charge is -2.26. The second-order valence-corrected chi connectivity index (χ2v) is 5.47. The van der Waals surface area contributed by atoms with Crippen molar-refractivity contribution in [3.63, 3.8) is 0 Å². The summed E-state index contributed by atoms with van der Waals surface area (Å²) in [5.74, 6) is 1.91. The SMILES string of the molecule is CC1CCC(CNCCCCCCO)CC1. The molecule has 0 atom stereocenters. The highest BCUT2D eigenvalue weighted by Crippen LogP contribution is 2.27. The van der Waals surface area contributed by atoms with Gasteiger partial charge in [-0.25, -0.2) is 0 Å². The molecule has 1 aliphatic rings. The Labute approximate surface area is 101 Å². The van der Waals surface area contributed by atoms with E-state index in [0.29, 0.717) is 6.61 Å². The monoisotopic (exact) mass is 227 g/mol. The average molecular weight is 227 g/mol. The van der Waals surface area contributed by atoms with E-state index in [1.165, 1.54) is 51.5 Å². The lowest BCUT2D eigenvalue weighted by atomic mass is 9.83. The fourth-order valence-corrected chi connectivity index (χ4v) is 2.55. The third-order valence-electron chi connectivity index (χ3n) is 3.83. The highest BCUT2D eigenvalue weighted by atomic mass is 16.2. The van der Waals surface area contributed by atoms with Gasteiger partial charge in [-0.05, 0) is 50.6 Å². The first-order valence-electron chi connectivity index (χ1n) is 7.14. The minimum atomic E-state index is 0.355. The van der Waals surface area contributed by atoms with E-state index in [1.807, 2.05) is 0 Å². The van der Waals surface area contributed by atoms with E-state index in [2.05, 4.69) is 12.2 Å². The second-order valence-electron chi connectivity index (χ2n) is 5.47. The molecule has 0 radical (unpaired) electrons. The molecule has 96 valence electrons. The molecule has 0 unspecified atom stereocenters. The summed E-state index contributed by atoms with van der Waals surface area (Å²) in [6.45, 7) is 5.13. The van der Waals surface area contributed by atoms with Crippen molar-refractivity contribution in [1.82, 2.24) is 5.32 Å². The van der Waals surface area contributed by atoms with Crippen molar-refractivity contribution in [1.29, 1.82) is 0 Å². The van der Waals surface area contributed by atoms with Crippen molar-refractivity contribution in [2.24, 2.45) is 11.8 Å². The molecule has 0 aromatic carbocycles. The minimum Gasteiger partial charge on any atom is -0.396 e. The van der Waals surface area contributed by atoms with Crippen molar-refractivity contribution in [3.05, 3.63) is 0 Å². The highest BCUT2D eigenvalue weighted by Gasteiger charge is 2.17. The highest BCUT2D eigenvalue weighted by molar-refractivity contribution is 4.71. The number of rotatable bonds is 8. The van der Waals surface area contributed by atoms with Gasteiger partial charge in [0.05, 0.1) is 0 Å². The van der Waals surface area contributed by atoms with E-state index >= 15 is 0 Å². The summed E-state index contributed by atoms with van der Waals surface area (Å²) in [4.78, 5) is 0. The van der Waals surface area contributed by atoms with Gasteiger partial charge in [-0.15, -0.1) is 0 Å². The largest absolute Gasteiger partial charge is 0.396 e. The zero-order chi connectivity index (χ0) is 11.6. The Balaban J connectivity index is 1.84. The van der Waals surface area contributed by atoms with Crippen molar-refractivity contribution < 1.29 is 5.11 Å². The number of aliphatic hydroxyl groups excluding tert-OH is 1. The molecule has 1 fully saturated rings. The smallest absolute Gasteiger partial charge is 0.0431 e. The summed E-state index contributed by atoms with van der Waals surface area (Å²) in [6, 6.07) is 0. The zero-order valence-corrected chi connectivity index (χ0v) is 10.9. The Morgan fingerprint density at radius 1 is 1.00 bits per heavy atom. The maximum absolute atomic E-state index is 8.64. The van der Waals surface area contributed by atoms with Gasteiger partial charge < -0.3 is 10.4 Å². The summed E-state index contributed by atoms with van der Waals surface area (Å²) < 4.78 is 0. The molecule has 0 bridgehead atoms. The molecule has 16 heavy (non-hydrogen) atoms. The van der Waals surface area contributed by atoms with Gasteiger partial charge in [0.15, 0.2) is 0 Å². The molecule has 0 saturated heterocycles.